The van der Waals surface area contributed by atoms with Crippen LogP contribution in [0.4, 0.5) is 5.69 Å². The maximum atomic E-state index is 11.4. The van der Waals surface area contributed by atoms with E-state index >= 15 is 0 Å². The number of carbonyl (C=O) groups is 1. The van der Waals surface area contributed by atoms with Crippen molar-refractivity contribution in [3.8, 4) is 11.5 Å². The van der Waals surface area contributed by atoms with Crippen molar-refractivity contribution in [3.05, 3.63) is 17.7 Å². The number of amides is 1. The van der Waals surface area contributed by atoms with Gasteiger partial charge in [-0.2, -0.15) is 0 Å². The van der Waals surface area contributed by atoms with Gasteiger partial charge in [-0.1, -0.05) is 0 Å². The molecule has 80 valence electrons. The second-order valence-corrected chi connectivity index (χ2v) is 3.26. The van der Waals surface area contributed by atoms with Gasteiger partial charge in [0.25, 0.3) is 0 Å². The van der Waals surface area contributed by atoms with Gasteiger partial charge in [0, 0.05) is 11.6 Å². The van der Waals surface area contributed by atoms with Gasteiger partial charge in [0.2, 0.25) is 5.91 Å². The Morgan fingerprint density at radius 2 is 2.07 bits per heavy atom. The summed E-state index contributed by atoms with van der Waals surface area (Å²) in [5.74, 6) is 0.958. The van der Waals surface area contributed by atoms with E-state index in [-0.39, 0.29) is 5.91 Å². The van der Waals surface area contributed by atoms with Crippen molar-refractivity contribution in [1.82, 2.24) is 0 Å². The minimum atomic E-state index is -0.649. The predicted molar refractivity (Wildman–Crippen MR) is 55.1 cm³/mol. The van der Waals surface area contributed by atoms with Crippen LogP contribution in [0.3, 0.4) is 0 Å². The second-order valence-electron chi connectivity index (χ2n) is 3.26. The SMILES string of the molecule is COc1cc(OC)c2c(c1)C(N)C(=O)N2. The summed E-state index contributed by atoms with van der Waals surface area (Å²) in [7, 11) is 3.09. The Kier molecular flexibility index (Phi) is 2.24. The fourth-order valence-electron chi connectivity index (χ4n) is 1.61. The number of hydrogen-bond donors (Lipinski definition) is 2. The van der Waals surface area contributed by atoms with Crippen LogP contribution in [0.1, 0.15) is 11.6 Å². The second kappa shape index (κ2) is 3.43. The lowest BCUT2D eigenvalue weighted by Gasteiger charge is -2.09. The summed E-state index contributed by atoms with van der Waals surface area (Å²) in [6, 6.07) is 2.79. The normalized spacial score (nSPS) is 18.3. The van der Waals surface area contributed by atoms with Crippen LogP contribution in [-0.4, -0.2) is 20.1 Å². The fraction of sp³-hybridized carbons (Fsp3) is 0.300. The molecule has 1 aromatic rings. The third-order valence-electron chi connectivity index (χ3n) is 2.43. The summed E-state index contributed by atoms with van der Waals surface area (Å²) in [5.41, 5.74) is 7.05. The van der Waals surface area contributed by atoms with Crippen LogP contribution in [0.2, 0.25) is 0 Å². The monoisotopic (exact) mass is 208 g/mol. The standard InChI is InChI=1S/C10H12N2O3/c1-14-5-3-6-8(11)10(13)12-9(6)7(4-5)15-2/h3-4,8H,11H2,1-2H3,(H,12,13). The molecule has 1 aliphatic rings. The Morgan fingerprint density at radius 3 is 2.67 bits per heavy atom. The number of ether oxygens (including phenoxy) is 2. The lowest BCUT2D eigenvalue weighted by atomic mass is 10.1. The van der Waals surface area contributed by atoms with Crippen molar-refractivity contribution >= 4 is 11.6 Å². The van der Waals surface area contributed by atoms with Crippen LogP contribution >= 0.6 is 0 Å². The van der Waals surface area contributed by atoms with Gasteiger partial charge < -0.3 is 20.5 Å². The smallest absolute Gasteiger partial charge is 0.246 e. The molecule has 0 saturated heterocycles. The summed E-state index contributed by atoms with van der Waals surface area (Å²) in [6.45, 7) is 0. The Hall–Kier alpha value is -1.75. The molecular weight excluding hydrogens is 196 g/mol. The van der Waals surface area contributed by atoms with Crippen molar-refractivity contribution in [1.29, 1.82) is 0 Å². The molecule has 0 radical (unpaired) electrons. The molecule has 0 saturated carbocycles. The molecule has 0 spiro atoms. The Balaban J connectivity index is 2.57. The van der Waals surface area contributed by atoms with Crippen molar-refractivity contribution < 1.29 is 14.3 Å². The van der Waals surface area contributed by atoms with Gasteiger partial charge in [-0.15, -0.1) is 0 Å². The predicted octanol–water partition coefficient (Wildman–Crippen LogP) is 0.656. The third kappa shape index (κ3) is 1.41. The van der Waals surface area contributed by atoms with E-state index in [0.29, 0.717) is 22.7 Å². The van der Waals surface area contributed by atoms with Gasteiger partial charge in [0.05, 0.1) is 19.9 Å². The first-order valence-corrected chi connectivity index (χ1v) is 4.49. The number of nitrogens with two attached hydrogens (primary N) is 1. The molecule has 1 aromatic carbocycles. The molecule has 15 heavy (non-hydrogen) atoms. The highest BCUT2D eigenvalue weighted by Gasteiger charge is 2.30. The Labute approximate surface area is 87.2 Å². The molecule has 3 N–H and O–H groups in total. The zero-order chi connectivity index (χ0) is 11.0. The summed E-state index contributed by atoms with van der Waals surface area (Å²) < 4.78 is 10.2. The summed E-state index contributed by atoms with van der Waals surface area (Å²) in [4.78, 5) is 11.4. The molecule has 1 amide bonds. The van der Waals surface area contributed by atoms with Gasteiger partial charge >= 0.3 is 0 Å². The van der Waals surface area contributed by atoms with Gasteiger partial charge in [-0.25, -0.2) is 0 Å². The van der Waals surface area contributed by atoms with E-state index in [1.54, 1.807) is 19.2 Å². The lowest BCUT2D eigenvalue weighted by molar-refractivity contribution is -0.116. The lowest BCUT2D eigenvalue weighted by Crippen LogP contribution is -2.19. The quantitative estimate of drug-likeness (QED) is 0.748. The average Bonchev–Trinajstić information content (AvgIpc) is 2.54. The van der Waals surface area contributed by atoms with E-state index in [1.807, 2.05) is 0 Å². The van der Waals surface area contributed by atoms with Gasteiger partial charge in [-0.05, 0) is 6.07 Å². The molecule has 1 atom stereocenters. The minimum Gasteiger partial charge on any atom is -0.497 e. The maximum absolute atomic E-state index is 11.4. The highest BCUT2D eigenvalue weighted by molar-refractivity contribution is 6.04. The molecule has 0 bridgehead atoms. The first kappa shape index (κ1) is 9.79. The topological polar surface area (TPSA) is 73.6 Å². The van der Waals surface area contributed by atoms with Crippen molar-refractivity contribution in [3.63, 3.8) is 0 Å². The highest BCUT2D eigenvalue weighted by atomic mass is 16.5. The van der Waals surface area contributed by atoms with E-state index in [1.165, 1.54) is 7.11 Å². The van der Waals surface area contributed by atoms with E-state index in [4.69, 9.17) is 15.2 Å². The van der Waals surface area contributed by atoms with Crippen LogP contribution in [0.25, 0.3) is 0 Å². The van der Waals surface area contributed by atoms with Crippen LogP contribution < -0.4 is 20.5 Å². The van der Waals surface area contributed by atoms with Gasteiger partial charge in [0.15, 0.2) is 0 Å². The first-order valence-electron chi connectivity index (χ1n) is 4.49. The summed E-state index contributed by atoms with van der Waals surface area (Å²) in [6.07, 6.45) is 0. The number of rotatable bonds is 2. The highest BCUT2D eigenvalue weighted by Crippen LogP contribution is 2.40. The van der Waals surface area contributed by atoms with Crippen molar-refractivity contribution in [2.24, 2.45) is 5.73 Å². The molecule has 2 rings (SSSR count). The van der Waals surface area contributed by atoms with Crippen LogP contribution in [0.5, 0.6) is 11.5 Å². The van der Waals surface area contributed by atoms with Crippen molar-refractivity contribution in [2.45, 2.75) is 6.04 Å². The maximum Gasteiger partial charge on any atom is 0.246 e. The van der Waals surface area contributed by atoms with Crippen LogP contribution in [0.15, 0.2) is 12.1 Å². The molecule has 1 unspecified atom stereocenters. The zero-order valence-electron chi connectivity index (χ0n) is 8.53. The largest absolute Gasteiger partial charge is 0.497 e. The molecular formula is C10H12N2O3. The number of benzene rings is 1. The summed E-state index contributed by atoms with van der Waals surface area (Å²) >= 11 is 0. The minimum absolute atomic E-state index is 0.225. The number of anilines is 1. The number of fused-ring (bicyclic) bond motifs is 1. The van der Waals surface area contributed by atoms with Crippen LogP contribution in [0, 0.1) is 0 Å². The zero-order valence-corrected chi connectivity index (χ0v) is 8.53. The molecule has 0 fully saturated rings. The number of carbonyl (C=O) groups excluding carboxylic acids is 1. The third-order valence-corrected chi connectivity index (χ3v) is 2.43. The molecule has 5 heteroatoms. The van der Waals surface area contributed by atoms with Crippen LogP contribution in [-0.2, 0) is 4.79 Å². The van der Waals surface area contributed by atoms with Gasteiger partial charge in [0.1, 0.15) is 17.5 Å². The van der Waals surface area contributed by atoms with E-state index in [0.717, 1.165) is 0 Å². The molecule has 0 aromatic heterocycles. The average molecular weight is 208 g/mol. The van der Waals surface area contributed by atoms with E-state index in [9.17, 15) is 4.79 Å². The van der Waals surface area contributed by atoms with E-state index in [2.05, 4.69) is 5.32 Å². The van der Waals surface area contributed by atoms with Crippen molar-refractivity contribution in [2.75, 3.05) is 19.5 Å². The molecule has 5 nitrogen and oxygen atoms in total. The molecule has 1 aliphatic heterocycles. The van der Waals surface area contributed by atoms with Gasteiger partial charge in [-0.3, -0.25) is 4.79 Å². The summed E-state index contributed by atoms with van der Waals surface area (Å²) in [5, 5.41) is 2.67. The Morgan fingerprint density at radius 1 is 1.33 bits per heavy atom. The fourth-order valence-corrected chi connectivity index (χ4v) is 1.61. The molecule has 1 heterocycles. The van der Waals surface area contributed by atoms with E-state index < -0.39 is 6.04 Å². The molecule has 0 aliphatic carbocycles. The number of methoxy groups -OCH3 is 2. The Bertz CT molecular complexity index is 417. The number of nitrogens with one attached hydrogen (secondary N) is 1. The number of hydrogen-bond acceptors (Lipinski definition) is 4. The first-order chi connectivity index (χ1) is 7.17.